The third kappa shape index (κ3) is 5.98. The molecule has 1 N–H and O–H groups in total. The third-order valence-electron chi connectivity index (χ3n) is 3.42. The van der Waals surface area contributed by atoms with Crippen LogP contribution in [0.3, 0.4) is 0 Å². The first-order valence-electron chi connectivity index (χ1n) is 6.66. The molecular formula is C13H27NO2S. The minimum Gasteiger partial charge on any atom is -0.378 e. The first-order chi connectivity index (χ1) is 7.99. The van der Waals surface area contributed by atoms with E-state index in [1.807, 2.05) is 0 Å². The highest BCUT2D eigenvalue weighted by Gasteiger charge is 2.25. The third-order valence-corrected chi connectivity index (χ3v) is 4.23. The maximum atomic E-state index is 11.0. The van der Waals surface area contributed by atoms with Crippen molar-refractivity contribution in [2.45, 2.75) is 58.2 Å². The first-order valence-corrected chi connectivity index (χ1v) is 8.39. The molecule has 4 heteroatoms. The largest absolute Gasteiger partial charge is 0.378 e. The second-order valence-electron chi connectivity index (χ2n) is 5.51. The minimum atomic E-state index is -0.672. The molecule has 1 aliphatic rings. The summed E-state index contributed by atoms with van der Waals surface area (Å²) >= 11 is 0. The molecule has 0 saturated carbocycles. The number of hydrogen-bond acceptors (Lipinski definition) is 3. The summed E-state index contributed by atoms with van der Waals surface area (Å²) in [6.07, 6.45) is 5.37. The van der Waals surface area contributed by atoms with Crippen LogP contribution in [0.25, 0.3) is 0 Å². The average Bonchev–Trinajstić information content (AvgIpc) is 2.26. The van der Waals surface area contributed by atoms with Crippen LogP contribution in [0, 0.1) is 5.92 Å². The van der Waals surface area contributed by atoms with Gasteiger partial charge in [-0.3, -0.25) is 4.21 Å². The van der Waals surface area contributed by atoms with Gasteiger partial charge in [-0.15, -0.1) is 0 Å². The van der Waals surface area contributed by atoms with Gasteiger partial charge in [-0.05, 0) is 32.1 Å². The molecule has 1 rings (SSSR count). The van der Waals surface area contributed by atoms with Crippen LogP contribution in [-0.4, -0.2) is 41.0 Å². The maximum Gasteiger partial charge on any atom is 0.0612 e. The average molecular weight is 261 g/mol. The smallest absolute Gasteiger partial charge is 0.0612 e. The molecule has 1 heterocycles. The van der Waals surface area contributed by atoms with Crippen LogP contribution in [0.1, 0.15) is 40.0 Å². The zero-order chi connectivity index (χ0) is 12.8. The van der Waals surface area contributed by atoms with Gasteiger partial charge in [-0.25, -0.2) is 0 Å². The number of nitrogens with one attached hydrogen (secondary N) is 1. The van der Waals surface area contributed by atoms with Crippen molar-refractivity contribution in [1.29, 1.82) is 0 Å². The summed E-state index contributed by atoms with van der Waals surface area (Å²) in [6.45, 7) is 7.49. The zero-order valence-corrected chi connectivity index (χ0v) is 12.4. The summed E-state index contributed by atoms with van der Waals surface area (Å²) in [4.78, 5) is 0. The number of hydrogen-bond donors (Lipinski definition) is 1. The van der Waals surface area contributed by atoms with Crippen molar-refractivity contribution in [3.05, 3.63) is 0 Å². The molecular weight excluding hydrogens is 234 g/mol. The molecule has 4 atom stereocenters. The molecule has 4 unspecified atom stereocenters. The van der Waals surface area contributed by atoms with E-state index in [1.54, 1.807) is 6.26 Å². The summed E-state index contributed by atoms with van der Waals surface area (Å²) in [7, 11) is -0.672. The van der Waals surface area contributed by atoms with E-state index in [2.05, 4.69) is 26.1 Å². The van der Waals surface area contributed by atoms with E-state index >= 15 is 0 Å². The van der Waals surface area contributed by atoms with Crippen molar-refractivity contribution >= 4 is 10.8 Å². The molecule has 0 radical (unpaired) electrons. The van der Waals surface area contributed by atoms with Gasteiger partial charge in [0.05, 0.1) is 6.10 Å². The summed E-state index contributed by atoms with van der Waals surface area (Å²) < 4.78 is 16.8. The van der Waals surface area contributed by atoms with Crippen molar-refractivity contribution in [3.8, 4) is 0 Å². The van der Waals surface area contributed by atoms with Crippen molar-refractivity contribution in [3.63, 3.8) is 0 Å². The SMILES string of the molecule is CC(CCS(C)=O)NC1CCOC(C(C)C)C1. The molecule has 0 amide bonds. The normalized spacial score (nSPS) is 29.2. The summed E-state index contributed by atoms with van der Waals surface area (Å²) in [5, 5.41) is 3.64. The molecule has 0 aromatic rings. The van der Waals surface area contributed by atoms with E-state index in [-0.39, 0.29) is 0 Å². The quantitative estimate of drug-likeness (QED) is 0.794. The van der Waals surface area contributed by atoms with Crippen LogP contribution in [-0.2, 0) is 15.5 Å². The summed E-state index contributed by atoms with van der Waals surface area (Å²) in [5.41, 5.74) is 0. The van der Waals surface area contributed by atoms with Crippen LogP contribution < -0.4 is 5.32 Å². The van der Waals surface area contributed by atoms with E-state index < -0.39 is 10.8 Å². The first kappa shape index (κ1) is 15.1. The van der Waals surface area contributed by atoms with E-state index in [0.29, 0.717) is 24.1 Å². The monoisotopic (exact) mass is 261 g/mol. The van der Waals surface area contributed by atoms with Gasteiger partial charge in [-0.1, -0.05) is 13.8 Å². The lowest BCUT2D eigenvalue weighted by Crippen LogP contribution is -2.44. The van der Waals surface area contributed by atoms with Crippen LogP contribution in [0.15, 0.2) is 0 Å². The Labute approximate surface area is 108 Å². The van der Waals surface area contributed by atoms with E-state index in [1.165, 1.54) is 0 Å². The Morgan fingerprint density at radius 3 is 2.71 bits per heavy atom. The number of ether oxygens (including phenoxy) is 1. The van der Waals surface area contributed by atoms with Gasteiger partial charge >= 0.3 is 0 Å². The zero-order valence-electron chi connectivity index (χ0n) is 11.6. The fourth-order valence-electron chi connectivity index (χ4n) is 2.27. The van der Waals surface area contributed by atoms with Crippen molar-refractivity contribution < 1.29 is 8.95 Å². The van der Waals surface area contributed by atoms with Gasteiger partial charge in [0.2, 0.25) is 0 Å². The molecule has 1 fully saturated rings. The van der Waals surface area contributed by atoms with Crippen LogP contribution >= 0.6 is 0 Å². The highest BCUT2D eigenvalue weighted by Crippen LogP contribution is 2.20. The molecule has 0 aliphatic carbocycles. The lowest BCUT2D eigenvalue weighted by Gasteiger charge is -2.34. The highest BCUT2D eigenvalue weighted by atomic mass is 32.2. The van der Waals surface area contributed by atoms with Crippen LogP contribution in [0.5, 0.6) is 0 Å². The second-order valence-corrected chi connectivity index (χ2v) is 7.06. The second kappa shape index (κ2) is 7.49. The molecule has 3 nitrogen and oxygen atoms in total. The maximum absolute atomic E-state index is 11.0. The van der Waals surface area contributed by atoms with Crippen LogP contribution in [0.2, 0.25) is 0 Å². The van der Waals surface area contributed by atoms with Gasteiger partial charge in [0.1, 0.15) is 0 Å². The Balaban J connectivity index is 2.28. The Morgan fingerprint density at radius 2 is 2.12 bits per heavy atom. The van der Waals surface area contributed by atoms with E-state index in [0.717, 1.165) is 31.6 Å². The lowest BCUT2D eigenvalue weighted by molar-refractivity contribution is -0.0256. The van der Waals surface area contributed by atoms with Gasteiger partial charge in [-0.2, -0.15) is 0 Å². The number of rotatable bonds is 6. The highest BCUT2D eigenvalue weighted by molar-refractivity contribution is 7.84. The molecule has 0 aromatic carbocycles. The standard InChI is InChI=1S/C13H27NO2S/c1-10(2)13-9-12(5-7-16-13)14-11(3)6-8-17(4)15/h10-14H,5-9H2,1-4H3. The molecule has 17 heavy (non-hydrogen) atoms. The Hall–Kier alpha value is 0.0700. The minimum absolute atomic E-state index is 0.397. The fraction of sp³-hybridized carbons (Fsp3) is 1.00. The topological polar surface area (TPSA) is 38.3 Å². The van der Waals surface area contributed by atoms with E-state index in [9.17, 15) is 4.21 Å². The van der Waals surface area contributed by atoms with Gasteiger partial charge < -0.3 is 10.1 Å². The van der Waals surface area contributed by atoms with Gasteiger partial charge in [0, 0.05) is 41.5 Å². The predicted octanol–water partition coefficient (Wildman–Crippen LogP) is 1.94. The summed E-state index contributed by atoms with van der Waals surface area (Å²) in [5.74, 6) is 1.39. The molecule has 0 aromatic heterocycles. The Bertz CT molecular complexity index is 246. The van der Waals surface area contributed by atoms with Gasteiger partial charge in [0.15, 0.2) is 0 Å². The fourth-order valence-corrected chi connectivity index (χ4v) is 2.96. The molecule has 1 saturated heterocycles. The van der Waals surface area contributed by atoms with Gasteiger partial charge in [0.25, 0.3) is 0 Å². The van der Waals surface area contributed by atoms with Crippen molar-refractivity contribution in [2.24, 2.45) is 5.92 Å². The predicted molar refractivity (Wildman–Crippen MR) is 73.7 cm³/mol. The Kier molecular flexibility index (Phi) is 6.67. The summed E-state index contributed by atoms with van der Waals surface area (Å²) in [6, 6.07) is 1.02. The van der Waals surface area contributed by atoms with Crippen molar-refractivity contribution in [1.82, 2.24) is 5.32 Å². The molecule has 102 valence electrons. The lowest BCUT2D eigenvalue weighted by atomic mass is 9.95. The Morgan fingerprint density at radius 1 is 1.41 bits per heavy atom. The molecule has 1 aliphatic heterocycles. The molecule has 0 bridgehead atoms. The van der Waals surface area contributed by atoms with Crippen LogP contribution in [0.4, 0.5) is 0 Å². The molecule has 0 spiro atoms. The van der Waals surface area contributed by atoms with E-state index in [4.69, 9.17) is 4.74 Å². The van der Waals surface area contributed by atoms with Crippen molar-refractivity contribution in [2.75, 3.05) is 18.6 Å².